The van der Waals surface area contributed by atoms with Crippen LogP contribution in [-0.4, -0.2) is 30.5 Å². The molecule has 0 aliphatic carbocycles. The van der Waals surface area contributed by atoms with Gasteiger partial charge in [0.1, 0.15) is 5.75 Å². The number of hydrogen-bond acceptors (Lipinski definition) is 4. The number of primary amides is 1. The number of rotatable bonds is 7. The predicted octanol–water partition coefficient (Wildman–Crippen LogP) is 0.699. The summed E-state index contributed by atoms with van der Waals surface area (Å²) in [5, 5.41) is 6.29. The molecule has 1 heterocycles. The fraction of sp³-hybridized carbons (Fsp3) is 0.500. The molecule has 1 aromatic carbocycles. The van der Waals surface area contributed by atoms with Crippen molar-refractivity contribution in [3.8, 4) is 5.75 Å². The highest BCUT2D eigenvalue weighted by molar-refractivity contribution is 5.86. The Morgan fingerprint density at radius 2 is 2.27 bits per heavy atom. The molecule has 1 aliphatic rings. The molecule has 0 radical (unpaired) electrons. The van der Waals surface area contributed by atoms with Gasteiger partial charge in [0.15, 0.2) is 6.61 Å². The summed E-state index contributed by atoms with van der Waals surface area (Å²) >= 11 is 0. The van der Waals surface area contributed by atoms with Crippen molar-refractivity contribution >= 4 is 11.8 Å². The predicted molar refractivity (Wildman–Crippen MR) is 83.2 cm³/mol. The quantitative estimate of drug-likeness (QED) is 0.691. The molecule has 1 aliphatic heterocycles. The van der Waals surface area contributed by atoms with E-state index >= 15 is 0 Å². The first kappa shape index (κ1) is 16.3. The molecule has 1 unspecified atom stereocenters. The third kappa shape index (κ3) is 3.98. The van der Waals surface area contributed by atoms with Gasteiger partial charge in [-0.2, -0.15) is 0 Å². The van der Waals surface area contributed by atoms with Crippen molar-refractivity contribution < 1.29 is 14.3 Å². The maximum absolute atomic E-state index is 12.4. The van der Waals surface area contributed by atoms with Crippen molar-refractivity contribution in [2.75, 3.05) is 13.2 Å². The molecule has 120 valence electrons. The van der Waals surface area contributed by atoms with Crippen molar-refractivity contribution in [1.29, 1.82) is 0 Å². The first-order valence-corrected chi connectivity index (χ1v) is 7.59. The van der Waals surface area contributed by atoms with Crippen molar-refractivity contribution in [2.45, 2.75) is 38.3 Å². The monoisotopic (exact) mass is 305 g/mol. The van der Waals surface area contributed by atoms with Crippen LogP contribution in [-0.2, 0) is 16.1 Å². The maximum atomic E-state index is 12.4. The van der Waals surface area contributed by atoms with Crippen molar-refractivity contribution in [3.63, 3.8) is 0 Å². The van der Waals surface area contributed by atoms with E-state index in [4.69, 9.17) is 10.5 Å². The Morgan fingerprint density at radius 1 is 1.45 bits per heavy atom. The van der Waals surface area contributed by atoms with Crippen molar-refractivity contribution in [1.82, 2.24) is 10.6 Å². The van der Waals surface area contributed by atoms with Crippen LogP contribution in [0.4, 0.5) is 0 Å². The lowest BCUT2D eigenvalue weighted by Gasteiger charge is -2.26. The smallest absolute Gasteiger partial charge is 0.255 e. The first-order valence-electron chi connectivity index (χ1n) is 7.59. The molecule has 0 spiro atoms. The summed E-state index contributed by atoms with van der Waals surface area (Å²) in [4.78, 5) is 23.1. The highest BCUT2D eigenvalue weighted by Gasteiger charge is 2.38. The summed E-state index contributed by atoms with van der Waals surface area (Å²) in [6, 6.07) is 7.27. The van der Waals surface area contributed by atoms with E-state index in [0.29, 0.717) is 12.3 Å². The van der Waals surface area contributed by atoms with Gasteiger partial charge in [-0.05, 0) is 43.5 Å². The number of carbonyl (C=O) groups excluding carboxylic acids is 2. The molecule has 6 nitrogen and oxygen atoms in total. The normalized spacial score (nSPS) is 20.6. The average Bonchev–Trinajstić information content (AvgIpc) is 3.01. The van der Waals surface area contributed by atoms with Gasteiger partial charge >= 0.3 is 0 Å². The highest BCUT2D eigenvalue weighted by atomic mass is 16.5. The van der Waals surface area contributed by atoms with Crippen LogP contribution in [0.3, 0.4) is 0 Å². The topological polar surface area (TPSA) is 93.4 Å². The summed E-state index contributed by atoms with van der Waals surface area (Å²) in [6.07, 6.45) is 2.68. The standard InChI is InChI=1S/C16H23N3O3/c1-2-16(7-4-8-19-16)15(21)18-10-12-5-3-6-13(9-12)22-11-14(17)20/h3,5-6,9,19H,2,4,7-8,10-11H2,1H3,(H2,17,20)(H,18,21). The number of hydrogen-bond donors (Lipinski definition) is 3. The molecule has 0 bridgehead atoms. The lowest BCUT2D eigenvalue weighted by atomic mass is 9.93. The van der Waals surface area contributed by atoms with E-state index in [1.807, 2.05) is 19.1 Å². The second kappa shape index (κ2) is 7.26. The highest BCUT2D eigenvalue weighted by Crippen LogP contribution is 2.23. The number of amides is 2. The van der Waals surface area contributed by atoms with Gasteiger partial charge in [-0.25, -0.2) is 0 Å². The minimum Gasteiger partial charge on any atom is -0.484 e. The number of benzene rings is 1. The number of nitrogens with two attached hydrogens (primary N) is 1. The lowest BCUT2D eigenvalue weighted by Crippen LogP contribution is -2.52. The zero-order valence-corrected chi connectivity index (χ0v) is 12.9. The number of nitrogens with one attached hydrogen (secondary N) is 2. The molecular formula is C16H23N3O3. The zero-order valence-electron chi connectivity index (χ0n) is 12.9. The molecule has 0 saturated carbocycles. The first-order chi connectivity index (χ1) is 10.6. The Labute approximate surface area is 130 Å². The van der Waals surface area contributed by atoms with E-state index in [1.165, 1.54) is 0 Å². The zero-order chi connectivity index (χ0) is 16.0. The van der Waals surface area contributed by atoms with Crippen molar-refractivity contribution in [2.24, 2.45) is 5.73 Å². The lowest BCUT2D eigenvalue weighted by molar-refractivity contribution is -0.127. The fourth-order valence-electron chi connectivity index (χ4n) is 2.71. The summed E-state index contributed by atoms with van der Waals surface area (Å²) in [6.45, 7) is 3.18. The van der Waals surface area contributed by atoms with E-state index in [9.17, 15) is 9.59 Å². The molecule has 1 saturated heterocycles. The Balaban J connectivity index is 1.92. The van der Waals surface area contributed by atoms with Gasteiger partial charge in [-0.3, -0.25) is 9.59 Å². The molecule has 1 fully saturated rings. The van der Waals surface area contributed by atoms with Gasteiger partial charge in [0.2, 0.25) is 5.91 Å². The molecule has 6 heteroatoms. The van der Waals surface area contributed by atoms with Crippen LogP contribution in [0.15, 0.2) is 24.3 Å². The van der Waals surface area contributed by atoms with Crippen LogP contribution >= 0.6 is 0 Å². The largest absolute Gasteiger partial charge is 0.484 e. The molecule has 2 rings (SSSR count). The fourth-order valence-corrected chi connectivity index (χ4v) is 2.71. The second-order valence-corrected chi connectivity index (χ2v) is 5.55. The van der Waals surface area contributed by atoms with Gasteiger partial charge in [0.05, 0.1) is 5.54 Å². The third-order valence-corrected chi connectivity index (χ3v) is 4.01. The SMILES string of the molecule is CCC1(C(=O)NCc2cccc(OCC(N)=O)c2)CCCN1. The van der Waals surface area contributed by atoms with Crippen molar-refractivity contribution in [3.05, 3.63) is 29.8 Å². The van der Waals surface area contributed by atoms with Crippen LogP contribution in [0.5, 0.6) is 5.75 Å². The van der Waals surface area contributed by atoms with Gasteiger partial charge in [0.25, 0.3) is 5.91 Å². The van der Waals surface area contributed by atoms with Crippen LogP contribution in [0.1, 0.15) is 31.7 Å². The molecular weight excluding hydrogens is 282 g/mol. The molecule has 1 aromatic rings. The van der Waals surface area contributed by atoms with Gasteiger partial charge < -0.3 is 21.1 Å². The van der Waals surface area contributed by atoms with Gasteiger partial charge in [-0.1, -0.05) is 19.1 Å². The van der Waals surface area contributed by atoms with Gasteiger partial charge in [0, 0.05) is 6.54 Å². The van der Waals surface area contributed by atoms with E-state index in [0.717, 1.165) is 31.4 Å². The van der Waals surface area contributed by atoms with E-state index in [-0.39, 0.29) is 12.5 Å². The Kier molecular flexibility index (Phi) is 5.38. The summed E-state index contributed by atoms with van der Waals surface area (Å²) in [5.41, 5.74) is 5.53. The molecule has 22 heavy (non-hydrogen) atoms. The Morgan fingerprint density at radius 3 is 2.91 bits per heavy atom. The molecule has 4 N–H and O–H groups in total. The number of carbonyl (C=O) groups is 2. The van der Waals surface area contributed by atoms with Gasteiger partial charge in [-0.15, -0.1) is 0 Å². The minimum absolute atomic E-state index is 0.0379. The van der Waals surface area contributed by atoms with Crippen LogP contribution in [0, 0.1) is 0 Å². The van der Waals surface area contributed by atoms with E-state index in [1.54, 1.807) is 12.1 Å². The Bertz CT molecular complexity index is 539. The molecule has 2 amide bonds. The molecule has 0 aromatic heterocycles. The van der Waals surface area contributed by atoms with E-state index < -0.39 is 11.4 Å². The maximum Gasteiger partial charge on any atom is 0.255 e. The van der Waals surface area contributed by atoms with E-state index in [2.05, 4.69) is 10.6 Å². The summed E-state index contributed by atoms with van der Waals surface area (Å²) in [7, 11) is 0. The average molecular weight is 305 g/mol. The number of ether oxygens (including phenoxy) is 1. The van der Waals surface area contributed by atoms with Crippen LogP contribution in [0.2, 0.25) is 0 Å². The van der Waals surface area contributed by atoms with Crippen LogP contribution < -0.4 is 21.1 Å². The summed E-state index contributed by atoms with van der Waals surface area (Å²) in [5.74, 6) is 0.0848. The molecule has 1 atom stereocenters. The second-order valence-electron chi connectivity index (χ2n) is 5.55. The summed E-state index contributed by atoms with van der Waals surface area (Å²) < 4.78 is 5.26. The Hall–Kier alpha value is -2.08. The van der Waals surface area contributed by atoms with Crippen LogP contribution in [0.25, 0.3) is 0 Å². The third-order valence-electron chi connectivity index (χ3n) is 4.01. The minimum atomic E-state index is -0.518.